The van der Waals surface area contributed by atoms with Crippen LogP contribution in [0.1, 0.15) is 5.69 Å². The molecule has 2 aromatic carbocycles. The molecule has 1 heterocycles. The van der Waals surface area contributed by atoms with Crippen molar-refractivity contribution in [3.05, 3.63) is 52.1 Å². The highest BCUT2D eigenvalue weighted by Crippen LogP contribution is 2.37. The van der Waals surface area contributed by atoms with Crippen molar-refractivity contribution in [3.63, 3.8) is 0 Å². The largest absolute Gasteiger partial charge is 0.497 e. The van der Waals surface area contributed by atoms with Gasteiger partial charge in [0, 0.05) is 17.1 Å². The van der Waals surface area contributed by atoms with Crippen molar-refractivity contribution in [2.45, 2.75) is 6.92 Å². The van der Waals surface area contributed by atoms with E-state index in [-0.39, 0.29) is 17.5 Å². The van der Waals surface area contributed by atoms with Gasteiger partial charge in [-0.15, -0.1) is 0 Å². The molecule has 0 bridgehead atoms. The number of nitrogens with one attached hydrogen (secondary N) is 1. The van der Waals surface area contributed by atoms with E-state index < -0.39 is 0 Å². The normalized spacial score (nSPS) is 10.6. The Morgan fingerprint density at radius 2 is 1.86 bits per heavy atom. The Kier molecular flexibility index (Phi) is 6.11. The first-order valence-electron chi connectivity index (χ1n) is 8.33. The third kappa shape index (κ3) is 4.24. The number of amides is 1. The average Bonchev–Trinajstić information content (AvgIpc) is 2.67. The molecule has 3 aromatic rings. The van der Waals surface area contributed by atoms with Crippen LogP contribution in [0.2, 0.25) is 10.0 Å². The van der Waals surface area contributed by atoms with E-state index in [1.165, 1.54) is 7.11 Å². The summed E-state index contributed by atoms with van der Waals surface area (Å²) in [4.78, 5) is 16.8. The number of fused-ring (bicyclic) bond motifs is 1. The smallest absolute Gasteiger partial charge is 0.262 e. The Hall–Kier alpha value is -2.70. The summed E-state index contributed by atoms with van der Waals surface area (Å²) in [6.07, 6.45) is 0. The molecule has 6 nitrogen and oxygen atoms in total. The number of carbonyl (C=O) groups excluding carboxylic acids is 1. The highest BCUT2D eigenvalue weighted by Gasteiger charge is 2.16. The predicted octanol–water partition coefficient (Wildman–Crippen LogP) is 4.88. The van der Waals surface area contributed by atoms with Gasteiger partial charge in [0.05, 0.1) is 30.0 Å². The van der Waals surface area contributed by atoms with Crippen LogP contribution in [-0.4, -0.2) is 31.7 Å². The van der Waals surface area contributed by atoms with E-state index >= 15 is 0 Å². The Balaban J connectivity index is 1.79. The lowest BCUT2D eigenvalue weighted by Crippen LogP contribution is -2.20. The number of benzene rings is 2. The van der Waals surface area contributed by atoms with Gasteiger partial charge in [0.15, 0.2) is 12.4 Å². The zero-order chi connectivity index (χ0) is 20.3. The zero-order valence-corrected chi connectivity index (χ0v) is 17.0. The molecular weight excluding hydrogens is 403 g/mol. The van der Waals surface area contributed by atoms with Crippen molar-refractivity contribution in [3.8, 4) is 17.2 Å². The molecule has 8 heteroatoms. The second-order valence-electron chi connectivity index (χ2n) is 5.92. The molecule has 0 aliphatic rings. The number of pyridine rings is 1. The predicted molar refractivity (Wildman–Crippen MR) is 110 cm³/mol. The average molecular weight is 421 g/mol. The van der Waals surface area contributed by atoms with Crippen LogP contribution < -0.4 is 19.5 Å². The fourth-order valence-corrected chi connectivity index (χ4v) is 3.22. The van der Waals surface area contributed by atoms with Gasteiger partial charge in [0.2, 0.25) is 0 Å². The molecule has 28 heavy (non-hydrogen) atoms. The van der Waals surface area contributed by atoms with Crippen molar-refractivity contribution >= 4 is 45.7 Å². The van der Waals surface area contributed by atoms with Crippen LogP contribution in [0.25, 0.3) is 10.9 Å². The van der Waals surface area contributed by atoms with E-state index in [1.54, 1.807) is 31.4 Å². The Labute approximate surface area is 172 Å². The summed E-state index contributed by atoms with van der Waals surface area (Å²) in [6.45, 7) is 1.59. The van der Waals surface area contributed by atoms with Gasteiger partial charge in [-0.2, -0.15) is 0 Å². The molecule has 0 aliphatic heterocycles. The van der Waals surface area contributed by atoms with E-state index in [0.717, 1.165) is 5.69 Å². The van der Waals surface area contributed by atoms with Crippen molar-refractivity contribution in [2.24, 2.45) is 0 Å². The lowest BCUT2D eigenvalue weighted by Gasteiger charge is -2.14. The lowest BCUT2D eigenvalue weighted by molar-refractivity contribution is -0.118. The molecular formula is C20H18Cl2N2O4. The van der Waals surface area contributed by atoms with Gasteiger partial charge in [0.25, 0.3) is 5.91 Å². The Morgan fingerprint density at radius 3 is 2.57 bits per heavy atom. The first-order chi connectivity index (χ1) is 13.4. The van der Waals surface area contributed by atoms with Crippen molar-refractivity contribution in [1.82, 2.24) is 4.98 Å². The highest BCUT2D eigenvalue weighted by molar-refractivity contribution is 6.39. The third-order valence-electron chi connectivity index (χ3n) is 4.01. The minimum atomic E-state index is -0.379. The van der Waals surface area contributed by atoms with Crippen LogP contribution in [0, 0.1) is 6.92 Å². The first-order valence-corrected chi connectivity index (χ1v) is 9.08. The van der Waals surface area contributed by atoms with Gasteiger partial charge in [-0.05, 0) is 37.3 Å². The number of ether oxygens (including phenoxy) is 3. The number of methoxy groups -OCH3 is 2. The molecule has 0 aliphatic carbocycles. The molecule has 0 radical (unpaired) electrons. The van der Waals surface area contributed by atoms with Crippen LogP contribution in [0.15, 0.2) is 36.4 Å². The summed E-state index contributed by atoms with van der Waals surface area (Å²) in [5.41, 5.74) is 1.79. The molecule has 0 saturated carbocycles. The summed E-state index contributed by atoms with van der Waals surface area (Å²) in [7, 11) is 3.06. The minimum Gasteiger partial charge on any atom is -0.497 e. The van der Waals surface area contributed by atoms with Crippen LogP contribution in [0.3, 0.4) is 0 Å². The quantitative estimate of drug-likeness (QED) is 0.614. The monoisotopic (exact) mass is 420 g/mol. The third-order valence-corrected chi connectivity index (χ3v) is 4.60. The van der Waals surface area contributed by atoms with Crippen molar-refractivity contribution < 1.29 is 19.0 Å². The standard InChI is InChI=1S/C20H18Cl2N2O4/c1-11-4-6-13-14(21)9-15(22)20(19(13)23-11)28-10-18(25)24-16-7-5-12(26-2)8-17(16)27-3/h4-9H,10H2,1-3H3,(H,24,25). The van der Waals surface area contributed by atoms with Gasteiger partial charge in [-0.3, -0.25) is 4.79 Å². The second-order valence-corrected chi connectivity index (χ2v) is 6.74. The second kappa shape index (κ2) is 8.54. The number of aryl methyl sites for hydroxylation is 1. The number of carbonyl (C=O) groups is 1. The van der Waals surface area contributed by atoms with Crippen LogP contribution in [-0.2, 0) is 4.79 Å². The fraction of sp³-hybridized carbons (Fsp3) is 0.200. The first kappa shape index (κ1) is 20.0. The van der Waals surface area contributed by atoms with Gasteiger partial charge in [-0.1, -0.05) is 23.2 Å². The molecule has 0 saturated heterocycles. The van der Waals surface area contributed by atoms with E-state index in [4.69, 9.17) is 37.4 Å². The topological polar surface area (TPSA) is 69.7 Å². The van der Waals surface area contributed by atoms with Gasteiger partial charge < -0.3 is 19.5 Å². The van der Waals surface area contributed by atoms with E-state index in [0.29, 0.717) is 38.9 Å². The summed E-state index contributed by atoms with van der Waals surface area (Å²) in [6, 6.07) is 10.3. The van der Waals surface area contributed by atoms with E-state index in [9.17, 15) is 4.79 Å². The Morgan fingerprint density at radius 1 is 1.07 bits per heavy atom. The molecule has 1 amide bonds. The zero-order valence-electron chi connectivity index (χ0n) is 15.5. The maximum absolute atomic E-state index is 12.4. The molecule has 0 spiro atoms. The molecule has 1 N–H and O–H groups in total. The number of rotatable bonds is 6. The maximum Gasteiger partial charge on any atom is 0.262 e. The van der Waals surface area contributed by atoms with Crippen LogP contribution in [0.4, 0.5) is 5.69 Å². The van der Waals surface area contributed by atoms with E-state index in [2.05, 4.69) is 10.3 Å². The number of anilines is 1. The summed E-state index contributed by atoms with van der Waals surface area (Å²) in [5, 5.41) is 4.19. The molecule has 146 valence electrons. The van der Waals surface area contributed by atoms with E-state index in [1.807, 2.05) is 19.1 Å². The Bertz CT molecular complexity index is 1040. The number of hydrogen-bond donors (Lipinski definition) is 1. The lowest BCUT2D eigenvalue weighted by atomic mass is 10.2. The van der Waals surface area contributed by atoms with Gasteiger partial charge in [-0.25, -0.2) is 4.98 Å². The summed E-state index contributed by atoms with van der Waals surface area (Å²) >= 11 is 12.5. The van der Waals surface area contributed by atoms with Gasteiger partial charge in [0.1, 0.15) is 17.0 Å². The summed E-state index contributed by atoms with van der Waals surface area (Å²) < 4.78 is 16.1. The van der Waals surface area contributed by atoms with Crippen LogP contribution in [0.5, 0.6) is 17.2 Å². The molecule has 0 fully saturated rings. The number of hydrogen-bond acceptors (Lipinski definition) is 5. The fourth-order valence-electron chi connectivity index (χ4n) is 2.65. The minimum absolute atomic E-state index is 0.263. The summed E-state index contributed by atoms with van der Waals surface area (Å²) in [5.74, 6) is 1.02. The molecule has 3 rings (SSSR count). The van der Waals surface area contributed by atoms with Crippen molar-refractivity contribution in [2.75, 3.05) is 26.1 Å². The van der Waals surface area contributed by atoms with Gasteiger partial charge >= 0.3 is 0 Å². The number of halogens is 2. The number of nitrogens with zero attached hydrogens (tertiary/aromatic N) is 1. The maximum atomic E-state index is 12.4. The molecule has 1 aromatic heterocycles. The number of aromatic nitrogens is 1. The van der Waals surface area contributed by atoms with Crippen molar-refractivity contribution in [1.29, 1.82) is 0 Å². The molecule has 0 unspecified atom stereocenters. The SMILES string of the molecule is COc1ccc(NC(=O)COc2c(Cl)cc(Cl)c3ccc(C)nc23)c(OC)c1. The molecule has 0 atom stereocenters. The highest BCUT2D eigenvalue weighted by atomic mass is 35.5. The van der Waals surface area contributed by atoms with Crippen LogP contribution >= 0.6 is 23.2 Å².